The van der Waals surface area contributed by atoms with Crippen LogP contribution in [-0.4, -0.2) is 42.0 Å². The lowest BCUT2D eigenvalue weighted by molar-refractivity contribution is -0.0678. The van der Waals surface area contributed by atoms with Crippen molar-refractivity contribution in [2.45, 2.75) is 77.4 Å². The van der Waals surface area contributed by atoms with Crippen molar-refractivity contribution in [1.29, 1.82) is 0 Å². The van der Waals surface area contributed by atoms with Gasteiger partial charge in [0.2, 0.25) is 0 Å². The van der Waals surface area contributed by atoms with Crippen LogP contribution >= 0.6 is 0 Å². The molecule has 0 amide bonds. The first kappa shape index (κ1) is 27.5. The molecule has 1 heterocycles. The molecule has 0 bridgehead atoms. The van der Waals surface area contributed by atoms with Gasteiger partial charge in [0, 0.05) is 24.2 Å². The number of aliphatic hydroxyl groups excluding tert-OH is 1. The number of hydrogen-bond acceptors (Lipinski definition) is 4. The predicted octanol–water partition coefficient (Wildman–Crippen LogP) is 7.02. The quantitative estimate of drug-likeness (QED) is 0.301. The average Bonchev–Trinajstić information content (AvgIpc) is 3.45. The van der Waals surface area contributed by atoms with Crippen molar-refractivity contribution < 1.29 is 27.8 Å². The highest BCUT2D eigenvalue weighted by Gasteiger charge is 2.31. The van der Waals surface area contributed by atoms with E-state index in [1.807, 2.05) is 30.3 Å². The van der Waals surface area contributed by atoms with Gasteiger partial charge in [-0.1, -0.05) is 55.0 Å². The summed E-state index contributed by atoms with van der Waals surface area (Å²) in [5.41, 5.74) is 7.15. The molecule has 2 unspecified atom stereocenters. The lowest BCUT2D eigenvalue weighted by Gasteiger charge is -2.35. The van der Waals surface area contributed by atoms with Gasteiger partial charge in [-0.15, -0.1) is 0 Å². The Labute approximate surface area is 228 Å². The van der Waals surface area contributed by atoms with Crippen molar-refractivity contribution in [2.75, 3.05) is 13.2 Å². The summed E-state index contributed by atoms with van der Waals surface area (Å²) in [6.45, 7) is 3.61. The Morgan fingerprint density at radius 3 is 2.51 bits per heavy atom. The van der Waals surface area contributed by atoms with Crippen LogP contribution in [0.15, 0.2) is 54.6 Å². The number of rotatable bonds is 10. The van der Waals surface area contributed by atoms with E-state index in [9.17, 15) is 18.3 Å². The van der Waals surface area contributed by atoms with Crippen LogP contribution in [0.3, 0.4) is 0 Å². The van der Waals surface area contributed by atoms with Gasteiger partial charge < -0.3 is 14.6 Å². The maximum absolute atomic E-state index is 14.2. The van der Waals surface area contributed by atoms with Crippen LogP contribution in [0.2, 0.25) is 0 Å². The Bertz CT molecular complexity index is 1270. The zero-order valence-electron chi connectivity index (χ0n) is 22.3. The molecular formula is C32H36F3NO3. The van der Waals surface area contributed by atoms with E-state index in [1.54, 1.807) is 6.07 Å². The molecule has 2 atom stereocenters. The van der Waals surface area contributed by atoms with Crippen molar-refractivity contribution in [2.24, 2.45) is 0 Å². The molecule has 0 radical (unpaired) electrons. The topological polar surface area (TPSA) is 41.9 Å². The first-order valence-corrected chi connectivity index (χ1v) is 13.8. The number of aliphatic hydroxyl groups is 1. The van der Waals surface area contributed by atoms with Gasteiger partial charge in [0.1, 0.15) is 18.1 Å². The number of hydrogen-bond donors (Lipinski definition) is 1. The minimum atomic E-state index is -3.25. The Morgan fingerprint density at radius 1 is 0.949 bits per heavy atom. The number of halogens is 3. The van der Waals surface area contributed by atoms with Crippen molar-refractivity contribution in [3.63, 3.8) is 0 Å². The molecule has 1 saturated heterocycles. The van der Waals surface area contributed by atoms with Crippen LogP contribution < -0.4 is 9.47 Å². The molecule has 0 aromatic heterocycles. The number of likely N-dealkylation sites (tertiary alicyclic amines) is 1. The molecule has 3 aromatic carbocycles. The molecule has 39 heavy (non-hydrogen) atoms. The van der Waals surface area contributed by atoms with Crippen molar-refractivity contribution >= 4 is 0 Å². The van der Waals surface area contributed by atoms with E-state index >= 15 is 0 Å². The molecule has 4 nitrogen and oxygen atoms in total. The summed E-state index contributed by atoms with van der Waals surface area (Å²) in [4.78, 5) is 2.17. The normalized spacial score (nSPS) is 18.3. The Hall–Kier alpha value is -3.03. The molecule has 7 heteroatoms. The molecule has 1 N–H and O–H groups in total. The summed E-state index contributed by atoms with van der Waals surface area (Å²) in [6, 6.07) is 17.8. The van der Waals surface area contributed by atoms with Crippen molar-refractivity contribution in [1.82, 2.24) is 4.90 Å². The van der Waals surface area contributed by atoms with Gasteiger partial charge in [0.15, 0.2) is 0 Å². The van der Waals surface area contributed by atoms with Gasteiger partial charge >= 0.3 is 6.43 Å². The molecule has 0 spiro atoms. The molecular weight excluding hydrogens is 503 g/mol. The number of benzene rings is 3. The standard InChI is InChI=1S/C32H36F3NO3/c1-21-23(11-7-13-25(21)22-9-3-2-4-10-22)20-38-29-17-30(39-32(35)31(33)34)28(26-14-8-15-27(26)29)18-36-16-6-5-12-24(36)19-37/h2-4,7,9-11,13,17,24,31-32,37H,5-6,8,12,14-16,18-20H2,1H3. The minimum Gasteiger partial charge on any atom is -0.488 e. The van der Waals surface area contributed by atoms with Gasteiger partial charge in [-0.2, -0.15) is 4.39 Å². The third-order valence-electron chi connectivity index (χ3n) is 8.11. The zero-order chi connectivity index (χ0) is 27.4. The summed E-state index contributed by atoms with van der Waals surface area (Å²) in [5.74, 6) is 0.667. The first-order valence-electron chi connectivity index (χ1n) is 13.8. The summed E-state index contributed by atoms with van der Waals surface area (Å²) in [7, 11) is 0. The molecule has 5 rings (SSSR count). The summed E-state index contributed by atoms with van der Waals surface area (Å²) >= 11 is 0. The van der Waals surface area contributed by atoms with E-state index in [4.69, 9.17) is 9.47 Å². The zero-order valence-corrected chi connectivity index (χ0v) is 22.3. The van der Waals surface area contributed by atoms with Gasteiger partial charge in [0.05, 0.1) is 6.61 Å². The van der Waals surface area contributed by atoms with E-state index < -0.39 is 12.8 Å². The van der Waals surface area contributed by atoms with E-state index in [-0.39, 0.29) is 18.4 Å². The smallest absolute Gasteiger partial charge is 0.304 e. The summed E-state index contributed by atoms with van der Waals surface area (Å²) < 4.78 is 52.2. The van der Waals surface area contributed by atoms with E-state index in [0.717, 1.165) is 84.0 Å². The lowest BCUT2D eigenvalue weighted by Crippen LogP contribution is -2.41. The number of fused-ring (bicyclic) bond motifs is 1. The molecule has 2 aliphatic rings. The van der Waals surface area contributed by atoms with Crippen LogP contribution in [0.1, 0.15) is 53.5 Å². The Kier molecular flexibility index (Phi) is 8.78. The second kappa shape index (κ2) is 12.4. The lowest BCUT2D eigenvalue weighted by atomic mass is 9.96. The fourth-order valence-electron chi connectivity index (χ4n) is 5.97. The number of ether oxygens (including phenoxy) is 2. The number of nitrogens with zero attached hydrogens (tertiary/aromatic N) is 1. The highest BCUT2D eigenvalue weighted by molar-refractivity contribution is 5.68. The fourth-order valence-corrected chi connectivity index (χ4v) is 5.97. The van der Waals surface area contributed by atoms with Gasteiger partial charge in [0.25, 0.3) is 6.36 Å². The van der Waals surface area contributed by atoms with E-state index in [2.05, 4.69) is 30.0 Å². The van der Waals surface area contributed by atoms with Crippen LogP contribution in [0.4, 0.5) is 13.2 Å². The highest BCUT2D eigenvalue weighted by atomic mass is 19.3. The van der Waals surface area contributed by atoms with Crippen LogP contribution in [0.25, 0.3) is 11.1 Å². The SMILES string of the molecule is Cc1c(COc2cc(OC(F)C(F)F)c(CN3CCCCC3CO)c3c2CCC3)cccc1-c1ccccc1. The number of piperidine rings is 1. The van der Waals surface area contributed by atoms with E-state index in [0.29, 0.717) is 18.9 Å². The Morgan fingerprint density at radius 2 is 1.74 bits per heavy atom. The van der Waals surface area contributed by atoms with Crippen molar-refractivity contribution in [3.05, 3.63) is 82.4 Å². The largest absolute Gasteiger partial charge is 0.488 e. The second-order valence-electron chi connectivity index (χ2n) is 10.5. The molecule has 0 saturated carbocycles. The maximum atomic E-state index is 14.2. The molecule has 208 valence electrons. The first-order chi connectivity index (χ1) is 19.0. The maximum Gasteiger partial charge on any atom is 0.304 e. The monoisotopic (exact) mass is 539 g/mol. The van der Waals surface area contributed by atoms with Crippen LogP contribution in [-0.2, 0) is 26.0 Å². The molecule has 1 aliphatic carbocycles. The van der Waals surface area contributed by atoms with E-state index in [1.165, 1.54) is 0 Å². The Balaban J connectivity index is 1.46. The summed E-state index contributed by atoms with van der Waals surface area (Å²) in [6.07, 6.45) is -0.598. The highest BCUT2D eigenvalue weighted by Crippen LogP contribution is 2.41. The fraction of sp³-hybridized carbons (Fsp3) is 0.438. The van der Waals surface area contributed by atoms with Crippen LogP contribution in [0, 0.1) is 6.92 Å². The molecule has 1 aliphatic heterocycles. The van der Waals surface area contributed by atoms with Gasteiger partial charge in [-0.3, -0.25) is 4.90 Å². The average molecular weight is 540 g/mol. The third-order valence-corrected chi connectivity index (χ3v) is 8.11. The predicted molar refractivity (Wildman–Crippen MR) is 146 cm³/mol. The second-order valence-corrected chi connectivity index (χ2v) is 10.5. The van der Waals surface area contributed by atoms with Gasteiger partial charge in [-0.25, -0.2) is 8.78 Å². The molecule has 1 fully saturated rings. The number of alkyl halides is 3. The van der Waals surface area contributed by atoms with Gasteiger partial charge in [-0.05, 0) is 79.0 Å². The third kappa shape index (κ3) is 6.10. The summed E-state index contributed by atoms with van der Waals surface area (Å²) in [5, 5.41) is 9.91. The van der Waals surface area contributed by atoms with Crippen LogP contribution in [0.5, 0.6) is 11.5 Å². The molecule has 3 aromatic rings. The minimum absolute atomic E-state index is 0.00396. The van der Waals surface area contributed by atoms with Crippen molar-refractivity contribution in [3.8, 4) is 22.6 Å².